The third-order valence-corrected chi connectivity index (χ3v) is 4.53. The first kappa shape index (κ1) is 19.8. The first-order chi connectivity index (χ1) is 12.2. The summed E-state index contributed by atoms with van der Waals surface area (Å²) in [6.07, 6.45) is 2.26. The number of nitrogens with one attached hydrogen (secondary N) is 1. The van der Waals surface area contributed by atoms with Crippen LogP contribution < -0.4 is 15.0 Å². The van der Waals surface area contributed by atoms with Gasteiger partial charge in [-0.25, -0.2) is 0 Å². The van der Waals surface area contributed by atoms with Crippen LogP contribution in [0.3, 0.4) is 0 Å². The monoisotopic (exact) mass is 350 g/mol. The lowest BCUT2D eigenvalue weighted by Crippen LogP contribution is -2.38. The molecule has 0 spiro atoms. The van der Waals surface area contributed by atoms with Gasteiger partial charge in [-0.1, -0.05) is 13.8 Å². The SMILES string of the molecule is CCCN(CCC)c1cc(NC)nc(OCCN2CCOCC2)c1C. The van der Waals surface area contributed by atoms with E-state index in [1.165, 1.54) is 5.69 Å². The summed E-state index contributed by atoms with van der Waals surface area (Å²) in [6.45, 7) is 13.8. The molecule has 0 aliphatic carbocycles. The minimum absolute atomic E-state index is 0.655. The maximum Gasteiger partial charge on any atom is 0.220 e. The Bertz CT molecular complexity index is 512. The van der Waals surface area contributed by atoms with Crippen molar-refractivity contribution in [2.45, 2.75) is 33.6 Å². The van der Waals surface area contributed by atoms with Gasteiger partial charge in [0.2, 0.25) is 5.88 Å². The van der Waals surface area contributed by atoms with E-state index in [0.29, 0.717) is 6.61 Å². The topological polar surface area (TPSA) is 49.9 Å². The average molecular weight is 351 g/mol. The maximum absolute atomic E-state index is 6.07. The lowest BCUT2D eigenvalue weighted by Gasteiger charge is -2.28. The standard InChI is InChI=1S/C19H34N4O2/c1-5-7-23(8-6-2)17-15-18(20-4)21-19(16(17)3)25-14-11-22-9-12-24-13-10-22/h15H,5-14H2,1-4H3,(H,20,21). The van der Waals surface area contributed by atoms with Crippen LogP contribution in [-0.2, 0) is 4.74 Å². The maximum atomic E-state index is 6.07. The van der Waals surface area contributed by atoms with Crippen molar-refractivity contribution >= 4 is 11.5 Å². The molecular formula is C19H34N4O2. The predicted octanol–water partition coefficient (Wildman–Crippen LogP) is 2.77. The zero-order valence-electron chi connectivity index (χ0n) is 16.3. The molecule has 1 aliphatic heterocycles. The number of nitrogens with zero attached hydrogens (tertiary/aromatic N) is 3. The van der Waals surface area contributed by atoms with E-state index in [2.05, 4.69) is 46.9 Å². The second-order valence-electron chi connectivity index (χ2n) is 6.50. The minimum atomic E-state index is 0.655. The van der Waals surface area contributed by atoms with Gasteiger partial charge in [0.1, 0.15) is 12.4 Å². The van der Waals surface area contributed by atoms with Gasteiger partial charge in [0.05, 0.1) is 13.2 Å². The Labute approximate surface area is 152 Å². The molecule has 0 aromatic carbocycles. The van der Waals surface area contributed by atoms with Crippen LogP contribution in [0.4, 0.5) is 11.5 Å². The summed E-state index contributed by atoms with van der Waals surface area (Å²) in [4.78, 5) is 9.45. The third-order valence-electron chi connectivity index (χ3n) is 4.53. The van der Waals surface area contributed by atoms with Gasteiger partial charge in [0.25, 0.3) is 0 Å². The third kappa shape index (κ3) is 5.75. The van der Waals surface area contributed by atoms with Crippen molar-refractivity contribution in [2.75, 3.05) is 69.8 Å². The summed E-state index contributed by atoms with van der Waals surface area (Å²) in [5.74, 6) is 1.60. The molecule has 1 aromatic heterocycles. The van der Waals surface area contributed by atoms with Crippen LogP contribution in [0, 0.1) is 6.92 Å². The van der Waals surface area contributed by atoms with Crippen LogP contribution in [-0.4, -0.2) is 69.5 Å². The van der Waals surface area contributed by atoms with Gasteiger partial charge in [0.15, 0.2) is 0 Å². The van der Waals surface area contributed by atoms with Gasteiger partial charge in [-0.2, -0.15) is 4.98 Å². The van der Waals surface area contributed by atoms with Crippen LogP contribution in [0.1, 0.15) is 32.3 Å². The van der Waals surface area contributed by atoms with Crippen LogP contribution in [0.2, 0.25) is 0 Å². The summed E-state index contributed by atoms with van der Waals surface area (Å²) >= 11 is 0. The highest BCUT2D eigenvalue weighted by Crippen LogP contribution is 2.30. The van der Waals surface area contributed by atoms with E-state index >= 15 is 0 Å². The lowest BCUT2D eigenvalue weighted by molar-refractivity contribution is 0.0319. The molecule has 142 valence electrons. The Kier molecular flexibility index (Phi) is 8.28. The van der Waals surface area contributed by atoms with E-state index in [1.54, 1.807) is 0 Å². The van der Waals surface area contributed by atoms with Gasteiger partial charge in [-0.3, -0.25) is 4.90 Å². The van der Waals surface area contributed by atoms with E-state index in [0.717, 1.165) is 76.0 Å². The Balaban J connectivity index is 2.08. The summed E-state index contributed by atoms with van der Waals surface area (Å²) in [5, 5.41) is 3.17. The molecule has 0 bridgehead atoms. The predicted molar refractivity (Wildman–Crippen MR) is 104 cm³/mol. The fraction of sp³-hybridized carbons (Fsp3) is 0.737. The van der Waals surface area contributed by atoms with Crippen LogP contribution in [0.25, 0.3) is 0 Å². The molecule has 0 amide bonds. The van der Waals surface area contributed by atoms with E-state index in [-0.39, 0.29) is 0 Å². The van der Waals surface area contributed by atoms with E-state index in [9.17, 15) is 0 Å². The molecule has 1 saturated heterocycles. The van der Waals surface area contributed by atoms with Gasteiger partial charge in [0, 0.05) is 57.1 Å². The quantitative estimate of drug-likeness (QED) is 0.700. The van der Waals surface area contributed by atoms with Crippen LogP contribution >= 0.6 is 0 Å². The first-order valence-electron chi connectivity index (χ1n) is 9.56. The van der Waals surface area contributed by atoms with E-state index in [4.69, 9.17) is 9.47 Å². The van der Waals surface area contributed by atoms with Crippen molar-refractivity contribution in [1.29, 1.82) is 0 Å². The number of aromatic nitrogens is 1. The van der Waals surface area contributed by atoms with Gasteiger partial charge < -0.3 is 19.7 Å². The number of rotatable bonds is 10. The van der Waals surface area contributed by atoms with Crippen LogP contribution in [0.5, 0.6) is 5.88 Å². The first-order valence-corrected chi connectivity index (χ1v) is 9.56. The number of hydrogen-bond acceptors (Lipinski definition) is 6. The van der Waals surface area contributed by atoms with E-state index < -0.39 is 0 Å². The molecule has 0 unspecified atom stereocenters. The molecule has 2 heterocycles. The summed E-state index contributed by atoms with van der Waals surface area (Å²) in [6, 6.07) is 2.13. The molecule has 25 heavy (non-hydrogen) atoms. The number of hydrogen-bond donors (Lipinski definition) is 1. The zero-order chi connectivity index (χ0) is 18.1. The highest BCUT2D eigenvalue weighted by atomic mass is 16.5. The molecule has 1 fully saturated rings. The van der Waals surface area contributed by atoms with Crippen molar-refractivity contribution in [3.63, 3.8) is 0 Å². The minimum Gasteiger partial charge on any atom is -0.476 e. The molecule has 1 N–H and O–H groups in total. The largest absolute Gasteiger partial charge is 0.476 e. The molecular weight excluding hydrogens is 316 g/mol. The fourth-order valence-electron chi connectivity index (χ4n) is 3.16. The summed E-state index contributed by atoms with van der Waals surface area (Å²) in [5.41, 5.74) is 2.35. The Morgan fingerprint density at radius 2 is 1.92 bits per heavy atom. The zero-order valence-corrected chi connectivity index (χ0v) is 16.3. The van der Waals surface area contributed by atoms with Crippen molar-refractivity contribution in [2.24, 2.45) is 0 Å². The second kappa shape index (κ2) is 10.5. The van der Waals surface area contributed by atoms with Gasteiger partial charge in [-0.05, 0) is 19.8 Å². The van der Waals surface area contributed by atoms with Gasteiger partial charge >= 0.3 is 0 Å². The van der Waals surface area contributed by atoms with Crippen molar-refractivity contribution in [3.05, 3.63) is 11.6 Å². The molecule has 2 rings (SSSR count). The number of pyridine rings is 1. The molecule has 0 radical (unpaired) electrons. The molecule has 0 atom stereocenters. The highest BCUT2D eigenvalue weighted by molar-refractivity contribution is 5.62. The summed E-state index contributed by atoms with van der Waals surface area (Å²) in [7, 11) is 1.91. The van der Waals surface area contributed by atoms with Crippen molar-refractivity contribution < 1.29 is 9.47 Å². The Morgan fingerprint density at radius 1 is 1.24 bits per heavy atom. The number of morpholine rings is 1. The van der Waals surface area contributed by atoms with Gasteiger partial charge in [-0.15, -0.1) is 0 Å². The van der Waals surface area contributed by atoms with Crippen LogP contribution in [0.15, 0.2) is 6.07 Å². The Morgan fingerprint density at radius 3 is 2.52 bits per heavy atom. The summed E-state index contributed by atoms with van der Waals surface area (Å²) < 4.78 is 11.5. The average Bonchev–Trinajstić information content (AvgIpc) is 2.64. The van der Waals surface area contributed by atoms with Crippen molar-refractivity contribution in [1.82, 2.24) is 9.88 Å². The van der Waals surface area contributed by atoms with E-state index in [1.807, 2.05) is 7.05 Å². The number of anilines is 2. The molecule has 0 saturated carbocycles. The molecule has 6 heteroatoms. The lowest BCUT2D eigenvalue weighted by atomic mass is 10.2. The molecule has 6 nitrogen and oxygen atoms in total. The normalized spacial score (nSPS) is 15.2. The van der Waals surface area contributed by atoms with Crippen molar-refractivity contribution in [3.8, 4) is 5.88 Å². The molecule has 1 aliphatic rings. The smallest absolute Gasteiger partial charge is 0.220 e. The fourth-order valence-corrected chi connectivity index (χ4v) is 3.16. The molecule has 1 aromatic rings. The Hall–Kier alpha value is -1.53. The number of ether oxygens (including phenoxy) is 2. The second-order valence-corrected chi connectivity index (χ2v) is 6.50. The highest BCUT2D eigenvalue weighted by Gasteiger charge is 2.16.